The molecule has 0 aliphatic rings. The molecule has 0 heterocycles. The molecule has 0 saturated heterocycles. The molecule has 10 heavy (non-hydrogen) atoms. The summed E-state index contributed by atoms with van der Waals surface area (Å²) >= 11 is 0. The first-order chi connectivity index (χ1) is 4.73. The maximum absolute atomic E-state index is 9.69. The van der Waals surface area contributed by atoms with E-state index in [4.69, 9.17) is 4.79 Å². The van der Waals surface area contributed by atoms with Crippen LogP contribution >= 0.6 is 0 Å². The molecule has 54 valence electrons. The van der Waals surface area contributed by atoms with E-state index in [1.807, 2.05) is 36.4 Å². The van der Waals surface area contributed by atoms with Gasteiger partial charge in [-0.2, -0.15) is 0 Å². The van der Waals surface area contributed by atoms with E-state index in [2.05, 4.69) is 0 Å². The van der Waals surface area contributed by atoms with Gasteiger partial charge in [0.25, 0.3) is 0 Å². The summed E-state index contributed by atoms with van der Waals surface area (Å²) in [7, 11) is 0. The van der Waals surface area contributed by atoms with Gasteiger partial charge >= 0.3 is 6.29 Å². The Hall–Kier alpha value is -1.25. The molecule has 0 atom stereocenters. The van der Waals surface area contributed by atoms with Gasteiger partial charge in [-0.05, 0) is 0 Å². The Morgan fingerprint density at radius 2 is 0.900 bits per heavy atom. The number of carbonyl (C=O) groups excluding carboxylic acids is 1. The summed E-state index contributed by atoms with van der Waals surface area (Å²) in [6, 6.07) is 12.0. The van der Waals surface area contributed by atoms with Gasteiger partial charge in [0.05, 0.1) is 0 Å². The summed E-state index contributed by atoms with van der Waals surface area (Å²) in [6.07, 6.45) is -2.83. The predicted octanol–water partition coefficient (Wildman–Crippen LogP) is 2.73. The van der Waals surface area contributed by atoms with Crippen molar-refractivity contribution in [3.05, 3.63) is 36.4 Å². The maximum Gasteiger partial charge on any atom is 0.483 e. The highest BCUT2D eigenvalue weighted by molar-refractivity contribution is 5.55. The minimum absolute atomic E-state index is 2.00. The number of halogens is 2. The van der Waals surface area contributed by atoms with Crippen LogP contribution in [0, 0.1) is 0 Å². The van der Waals surface area contributed by atoms with E-state index < -0.39 is 6.29 Å². The van der Waals surface area contributed by atoms with Gasteiger partial charge < -0.3 is 0 Å². The average Bonchev–Trinajstić information content (AvgIpc) is 1.90. The van der Waals surface area contributed by atoms with Crippen molar-refractivity contribution in [1.82, 2.24) is 0 Å². The van der Waals surface area contributed by atoms with E-state index in [9.17, 15) is 8.78 Å². The maximum atomic E-state index is 9.69. The number of rotatable bonds is 0. The van der Waals surface area contributed by atoms with Crippen molar-refractivity contribution in [2.45, 2.75) is 0 Å². The van der Waals surface area contributed by atoms with Crippen molar-refractivity contribution in [2.24, 2.45) is 0 Å². The van der Waals surface area contributed by atoms with Crippen LogP contribution in [0.4, 0.5) is 13.6 Å². The molecular weight excluding hydrogens is 138 g/mol. The number of carbonyl (C=O) groups is 1. The number of benzene rings is 1. The van der Waals surface area contributed by atoms with Crippen LogP contribution in [0.5, 0.6) is 0 Å². The van der Waals surface area contributed by atoms with Crippen LogP contribution in [0.1, 0.15) is 0 Å². The lowest BCUT2D eigenvalue weighted by atomic mass is 10.4. The summed E-state index contributed by atoms with van der Waals surface area (Å²) in [5.74, 6) is 0. The van der Waals surface area contributed by atoms with Gasteiger partial charge in [-0.25, -0.2) is 4.79 Å². The smallest absolute Gasteiger partial charge is 0.219 e. The van der Waals surface area contributed by atoms with E-state index in [0.29, 0.717) is 0 Å². The lowest BCUT2D eigenvalue weighted by molar-refractivity contribution is 0.199. The van der Waals surface area contributed by atoms with Crippen LogP contribution in [0.25, 0.3) is 0 Å². The van der Waals surface area contributed by atoms with Crippen molar-refractivity contribution in [1.29, 1.82) is 0 Å². The lowest BCUT2D eigenvalue weighted by Gasteiger charge is -1.69. The lowest BCUT2D eigenvalue weighted by Crippen LogP contribution is -1.54. The first-order valence-electron chi connectivity index (χ1n) is 2.58. The monoisotopic (exact) mass is 144 g/mol. The molecule has 0 aromatic heterocycles. The first-order valence-corrected chi connectivity index (χ1v) is 2.58. The minimum Gasteiger partial charge on any atom is -0.219 e. The molecule has 3 heteroatoms. The van der Waals surface area contributed by atoms with E-state index in [-0.39, 0.29) is 0 Å². The van der Waals surface area contributed by atoms with Gasteiger partial charge in [-0.3, -0.25) is 0 Å². The van der Waals surface area contributed by atoms with Crippen molar-refractivity contribution >= 4 is 6.29 Å². The molecule has 0 spiro atoms. The fourth-order valence-corrected chi connectivity index (χ4v) is 0.385. The summed E-state index contributed by atoms with van der Waals surface area (Å²) in [5, 5.41) is 0. The van der Waals surface area contributed by atoms with Crippen molar-refractivity contribution in [3.8, 4) is 0 Å². The second-order valence-corrected chi connectivity index (χ2v) is 1.38. The molecule has 0 N–H and O–H groups in total. The minimum atomic E-state index is -2.83. The second kappa shape index (κ2) is 5.88. The third-order valence-electron chi connectivity index (χ3n) is 0.667. The van der Waals surface area contributed by atoms with Gasteiger partial charge in [0.1, 0.15) is 0 Å². The Morgan fingerprint density at radius 3 is 1.00 bits per heavy atom. The molecule has 1 nitrogen and oxygen atoms in total. The fourth-order valence-electron chi connectivity index (χ4n) is 0.385. The zero-order valence-corrected chi connectivity index (χ0v) is 5.13. The third kappa shape index (κ3) is 9.89. The highest BCUT2D eigenvalue weighted by Gasteiger charge is 1.78. The van der Waals surface area contributed by atoms with E-state index >= 15 is 0 Å². The van der Waals surface area contributed by atoms with Crippen LogP contribution < -0.4 is 0 Å². The van der Waals surface area contributed by atoms with Crippen molar-refractivity contribution in [3.63, 3.8) is 0 Å². The van der Waals surface area contributed by atoms with E-state index in [0.717, 1.165) is 0 Å². The van der Waals surface area contributed by atoms with Crippen LogP contribution in [0.3, 0.4) is 0 Å². The van der Waals surface area contributed by atoms with Crippen LogP contribution in [0.2, 0.25) is 0 Å². The molecule has 0 radical (unpaired) electrons. The highest BCUT2D eigenvalue weighted by atomic mass is 19.3. The summed E-state index contributed by atoms with van der Waals surface area (Å²) in [4.78, 5) is 8.11. The standard InChI is InChI=1S/C6H6.CF2O/c1-2-4-6-5-3-1;2-1(3)4/h1-6H;. The van der Waals surface area contributed by atoms with E-state index in [1.54, 1.807) is 0 Å². The molecule has 1 rings (SSSR count). The highest BCUT2D eigenvalue weighted by Crippen LogP contribution is 1.79. The van der Waals surface area contributed by atoms with Gasteiger partial charge in [-0.1, -0.05) is 36.4 Å². The average molecular weight is 144 g/mol. The number of hydrogen-bond donors (Lipinski definition) is 0. The van der Waals surface area contributed by atoms with Crippen LogP contribution in [-0.4, -0.2) is 6.29 Å². The normalized spacial score (nSPS) is 7.40. The van der Waals surface area contributed by atoms with Crippen LogP contribution in [0.15, 0.2) is 36.4 Å². The molecular formula is C7H6F2O. The van der Waals surface area contributed by atoms with Gasteiger partial charge in [0, 0.05) is 0 Å². The Morgan fingerprint density at radius 1 is 0.800 bits per heavy atom. The topological polar surface area (TPSA) is 17.1 Å². The molecule has 0 saturated carbocycles. The number of hydrogen-bond acceptors (Lipinski definition) is 1. The van der Waals surface area contributed by atoms with Gasteiger partial charge in [-0.15, -0.1) is 8.78 Å². The predicted molar refractivity (Wildman–Crippen MR) is 34.1 cm³/mol. The Labute approximate surface area is 57.3 Å². The van der Waals surface area contributed by atoms with Crippen LogP contribution in [-0.2, 0) is 0 Å². The molecule has 0 aliphatic carbocycles. The molecule has 0 aliphatic heterocycles. The summed E-state index contributed by atoms with van der Waals surface area (Å²) in [6.45, 7) is 0. The molecule has 0 amide bonds. The van der Waals surface area contributed by atoms with Gasteiger partial charge in [0.15, 0.2) is 0 Å². The molecule has 0 bridgehead atoms. The Kier molecular flexibility index (Phi) is 5.14. The zero-order chi connectivity index (χ0) is 7.82. The Balaban J connectivity index is 0.000000180. The van der Waals surface area contributed by atoms with Gasteiger partial charge in [0.2, 0.25) is 0 Å². The quantitative estimate of drug-likeness (QED) is 0.511. The Bertz CT molecular complexity index is 144. The molecule has 0 fully saturated rings. The summed E-state index contributed by atoms with van der Waals surface area (Å²) < 4.78 is 19.4. The fraction of sp³-hybridized carbons (Fsp3) is 0. The largest absolute Gasteiger partial charge is 0.483 e. The third-order valence-corrected chi connectivity index (χ3v) is 0.667. The SMILES string of the molecule is O=C(F)F.c1ccccc1. The molecule has 1 aromatic carbocycles. The zero-order valence-electron chi connectivity index (χ0n) is 5.13. The van der Waals surface area contributed by atoms with Crippen molar-refractivity contribution in [2.75, 3.05) is 0 Å². The molecule has 0 unspecified atom stereocenters. The second-order valence-electron chi connectivity index (χ2n) is 1.38. The van der Waals surface area contributed by atoms with Crippen molar-refractivity contribution < 1.29 is 13.6 Å². The van der Waals surface area contributed by atoms with E-state index in [1.165, 1.54) is 0 Å². The summed E-state index contributed by atoms with van der Waals surface area (Å²) in [5.41, 5.74) is 0. The molecule has 1 aromatic rings. The first kappa shape index (κ1) is 8.75.